The number of aromatic nitrogens is 1. The quantitative estimate of drug-likeness (QED) is 0.607. The number of rotatable bonds is 2. The fourth-order valence-electron chi connectivity index (χ4n) is 3.22. The zero-order valence-corrected chi connectivity index (χ0v) is 15.7. The van der Waals surface area contributed by atoms with E-state index in [1.807, 2.05) is 35.5 Å². The maximum atomic E-state index is 7.24. The third kappa shape index (κ3) is 3.01. The normalized spacial score (nSPS) is 15.8. The Labute approximate surface area is 148 Å². The standard InChI is InChI=1S/C20H23N3S/c1-13(2)24-19-12-20(3,4)15-11-14(7-8-16(15)22-19)17-9-10-18(21-5)23(17)6/h7-11,13H,12H2,1-4,6H3. The minimum Gasteiger partial charge on any atom is -0.364 e. The molecule has 0 fully saturated rings. The van der Waals surface area contributed by atoms with Crippen LogP contribution in [0, 0.1) is 6.57 Å². The van der Waals surface area contributed by atoms with Gasteiger partial charge in [0.15, 0.2) is 0 Å². The molecule has 0 spiro atoms. The molecule has 0 N–H and O–H groups in total. The van der Waals surface area contributed by atoms with Crippen molar-refractivity contribution in [1.82, 2.24) is 4.57 Å². The molecule has 3 rings (SSSR count). The Kier molecular flexibility index (Phi) is 4.31. The molecule has 124 valence electrons. The van der Waals surface area contributed by atoms with E-state index in [1.165, 1.54) is 10.6 Å². The highest BCUT2D eigenvalue weighted by Gasteiger charge is 2.31. The highest BCUT2D eigenvalue weighted by atomic mass is 32.2. The van der Waals surface area contributed by atoms with Crippen LogP contribution in [0.3, 0.4) is 0 Å². The number of hydrogen-bond donors (Lipinski definition) is 0. The summed E-state index contributed by atoms with van der Waals surface area (Å²) in [6.07, 6.45) is 0.979. The highest BCUT2D eigenvalue weighted by Crippen LogP contribution is 2.43. The smallest absolute Gasteiger partial charge is 0.230 e. The van der Waals surface area contributed by atoms with Crippen LogP contribution in [0.25, 0.3) is 16.1 Å². The van der Waals surface area contributed by atoms with E-state index in [0.717, 1.165) is 23.4 Å². The van der Waals surface area contributed by atoms with Gasteiger partial charge in [0.1, 0.15) is 5.69 Å². The molecular weight excluding hydrogens is 314 g/mol. The lowest BCUT2D eigenvalue weighted by Crippen LogP contribution is -2.24. The van der Waals surface area contributed by atoms with Crippen LogP contribution in [0.15, 0.2) is 35.3 Å². The summed E-state index contributed by atoms with van der Waals surface area (Å²) in [6.45, 7) is 16.2. The van der Waals surface area contributed by atoms with Crippen molar-refractivity contribution in [2.75, 3.05) is 0 Å². The van der Waals surface area contributed by atoms with Gasteiger partial charge < -0.3 is 4.85 Å². The fraction of sp³-hybridized carbons (Fsp3) is 0.400. The predicted octanol–water partition coefficient (Wildman–Crippen LogP) is 6.10. The van der Waals surface area contributed by atoms with Crippen molar-refractivity contribution in [2.45, 2.75) is 44.8 Å². The maximum absolute atomic E-state index is 7.24. The van der Waals surface area contributed by atoms with Gasteiger partial charge in [0, 0.05) is 17.2 Å². The van der Waals surface area contributed by atoms with E-state index in [1.54, 1.807) is 0 Å². The third-order valence-corrected chi connectivity index (χ3v) is 5.42. The van der Waals surface area contributed by atoms with Crippen LogP contribution in [0.1, 0.15) is 39.7 Å². The van der Waals surface area contributed by atoms with Gasteiger partial charge in [0.05, 0.1) is 17.8 Å². The molecule has 4 heteroatoms. The van der Waals surface area contributed by atoms with Crippen LogP contribution in [-0.2, 0) is 12.5 Å². The Balaban J connectivity index is 2.07. The Hall–Kier alpha value is -1.99. The van der Waals surface area contributed by atoms with Gasteiger partial charge in [-0.25, -0.2) is 4.99 Å². The Morgan fingerprint density at radius 3 is 2.62 bits per heavy atom. The zero-order chi connectivity index (χ0) is 17.5. The minimum atomic E-state index is 0.0676. The van der Waals surface area contributed by atoms with Crippen LogP contribution in [-0.4, -0.2) is 14.9 Å². The van der Waals surface area contributed by atoms with E-state index in [4.69, 9.17) is 11.6 Å². The summed E-state index contributed by atoms with van der Waals surface area (Å²) in [5.74, 6) is 0.663. The highest BCUT2D eigenvalue weighted by molar-refractivity contribution is 8.14. The van der Waals surface area contributed by atoms with Crippen molar-refractivity contribution in [3.8, 4) is 11.3 Å². The molecule has 0 atom stereocenters. The average molecular weight is 337 g/mol. The number of thioether (sulfide) groups is 1. The van der Waals surface area contributed by atoms with Crippen molar-refractivity contribution in [2.24, 2.45) is 12.0 Å². The predicted molar refractivity (Wildman–Crippen MR) is 105 cm³/mol. The van der Waals surface area contributed by atoms with Crippen molar-refractivity contribution in [3.05, 3.63) is 47.3 Å². The molecule has 3 nitrogen and oxygen atoms in total. The summed E-state index contributed by atoms with van der Waals surface area (Å²) in [7, 11) is 1.95. The second-order valence-corrected chi connectivity index (χ2v) is 8.86. The lowest BCUT2D eigenvalue weighted by Gasteiger charge is -2.32. The summed E-state index contributed by atoms with van der Waals surface area (Å²) in [4.78, 5) is 8.44. The first-order chi connectivity index (χ1) is 11.3. The lowest BCUT2D eigenvalue weighted by atomic mass is 9.78. The second kappa shape index (κ2) is 6.14. The minimum absolute atomic E-state index is 0.0676. The van der Waals surface area contributed by atoms with Gasteiger partial charge in [-0.3, -0.25) is 4.57 Å². The Morgan fingerprint density at radius 1 is 1.25 bits per heavy atom. The van der Waals surface area contributed by atoms with Crippen LogP contribution < -0.4 is 0 Å². The molecular formula is C20H23N3S. The summed E-state index contributed by atoms with van der Waals surface area (Å²) in [5.41, 5.74) is 4.66. The molecule has 0 aliphatic carbocycles. The summed E-state index contributed by atoms with van der Waals surface area (Å²) < 4.78 is 1.95. The summed E-state index contributed by atoms with van der Waals surface area (Å²) >= 11 is 1.86. The zero-order valence-electron chi connectivity index (χ0n) is 14.9. The molecule has 0 unspecified atom stereocenters. The molecule has 1 aromatic carbocycles. The summed E-state index contributed by atoms with van der Waals surface area (Å²) in [6, 6.07) is 10.4. The largest absolute Gasteiger partial charge is 0.364 e. The van der Waals surface area contributed by atoms with Gasteiger partial charge in [-0.1, -0.05) is 34.3 Å². The van der Waals surface area contributed by atoms with Crippen molar-refractivity contribution in [1.29, 1.82) is 0 Å². The van der Waals surface area contributed by atoms with E-state index < -0.39 is 0 Å². The van der Waals surface area contributed by atoms with E-state index in [0.29, 0.717) is 11.1 Å². The van der Waals surface area contributed by atoms with Crippen LogP contribution in [0.4, 0.5) is 11.5 Å². The van der Waals surface area contributed by atoms with E-state index in [9.17, 15) is 0 Å². The molecule has 2 aromatic rings. The lowest BCUT2D eigenvalue weighted by molar-refractivity contribution is 0.547. The molecule has 1 aliphatic heterocycles. The van der Waals surface area contributed by atoms with E-state index in [-0.39, 0.29) is 5.41 Å². The first-order valence-electron chi connectivity index (χ1n) is 8.24. The molecule has 1 aliphatic rings. The maximum Gasteiger partial charge on any atom is 0.230 e. The van der Waals surface area contributed by atoms with Gasteiger partial charge >= 0.3 is 0 Å². The molecule has 0 saturated carbocycles. The number of hydrogen-bond acceptors (Lipinski definition) is 2. The Morgan fingerprint density at radius 2 is 2.00 bits per heavy atom. The topological polar surface area (TPSA) is 21.6 Å². The average Bonchev–Trinajstić information content (AvgIpc) is 2.86. The number of nitrogens with zero attached hydrogens (tertiary/aromatic N) is 3. The van der Waals surface area contributed by atoms with Gasteiger partial charge in [-0.2, -0.15) is 0 Å². The summed E-state index contributed by atoms with van der Waals surface area (Å²) in [5, 5.41) is 1.78. The SMILES string of the molecule is [C-]#[N+]c1ccc(-c2ccc3c(c2)C(C)(C)CC(SC(C)C)=N3)n1C. The van der Waals surface area contributed by atoms with Crippen molar-refractivity contribution in [3.63, 3.8) is 0 Å². The molecule has 0 saturated heterocycles. The van der Waals surface area contributed by atoms with E-state index >= 15 is 0 Å². The van der Waals surface area contributed by atoms with Gasteiger partial charge in [-0.15, -0.1) is 11.8 Å². The Bertz CT molecular complexity index is 850. The first kappa shape index (κ1) is 16.9. The van der Waals surface area contributed by atoms with Gasteiger partial charge in [-0.05, 0) is 41.3 Å². The molecule has 0 amide bonds. The monoisotopic (exact) mass is 337 g/mol. The molecule has 0 bridgehead atoms. The van der Waals surface area contributed by atoms with Gasteiger partial charge in [0.2, 0.25) is 5.82 Å². The van der Waals surface area contributed by atoms with Crippen LogP contribution in [0.5, 0.6) is 0 Å². The number of fused-ring (bicyclic) bond motifs is 1. The molecule has 0 radical (unpaired) electrons. The molecule has 2 heterocycles. The third-order valence-electron chi connectivity index (χ3n) is 4.44. The number of aliphatic imine (C=N–C) groups is 1. The van der Waals surface area contributed by atoms with Crippen molar-refractivity contribution < 1.29 is 0 Å². The number of benzene rings is 1. The fourth-order valence-corrected chi connectivity index (χ4v) is 4.36. The first-order valence-corrected chi connectivity index (χ1v) is 9.12. The van der Waals surface area contributed by atoms with E-state index in [2.05, 4.69) is 50.7 Å². The van der Waals surface area contributed by atoms with Crippen LogP contribution in [0.2, 0.25) is 0 Å². The van der Waals surface area contributed by atoms with Gasteiger partial charge in [0.25, 0.3) is 0 Å². The van der Waals surface area contributed by atoms with Crippen molar-refractivity contribution >= 4 is 28.3 Å². The second-order valence-electron chi connectivity index (χ2n) is 7.21. The molecule has 24 heavy (non-hydrogen) atoms. The van der Waals surface area contributed by atoms with Crippen LogP contribution >= 0.6 is 11.8 Å². The molecule has 1 aromatic heterocycles.